The largest absolute Gasteiger partial charge is 0.340 e. The van der Waals surface area contributed by atoms with E-state index in [4.69, 9.17) is 5.26 Å². The van der Waals surface area contributed by atoms with Gasteiger partial charge in [-0.15, -0.1) is 0 Å². The van der Waals surface area contributed by atoms with Crippen molar-refractivity contribution in [3.05, 3.63) is 35.9 Å². The fourth-order valence-corrected chi connectivity index (χ4v) is 2.22. The smallest absolute Gasteiger partial charge is 0.251 e. The zero-order valence-corrected chi connectivity index (χ0v) is 12.9. The quantitative estimate of drug-likeness (QED) is 0.843. The van der Waals surface area contributed by atoms with E-state index in [1.165, 1.54) is 0 Å². The summed E-state index contributed by atoms with van der Waals surface area (Å²) in [4.78, 5) is 24.7. The van der Waals surface area contributed by atoms with Gasteiger partial charge < -0.3 is 10.6 Å². The first-order valence-electron chi connectivity index (χ1n) is 7.60. The van der Waals surface area contributed by atoms with E-state index in [0.717, 1.165) is 6.42 Å². The highest BCUT2D eigenvalue weighted by Crippen LogP contribution is 2.34. The average molecular weight is 299 g/mol. The SMILES string of the molecule is CC[C@@H](C)[C@H](NC(=O)c1ccccc1)C(=O)NC1(C#N)CC1. The minimum Gasteiger partial charge on any atom is -0.340 e. The molecule has 1 aromatic rings. The molecule has 1 aliphatic rings. The molecule has 0 saturated heterocycles. The maximum Gasteiger partial charge on any atom is 0.251 e. The molecule has 2 rings (SSSR count). The van der Waals surface area contributed by atoms with Crippen molar-refractivity contribution in [3.8, 4) is 6.07 Å². The molecule has 2 amide bonds. The number of carbonyl (C=O) groups is 2. The molecule has 0 unspecified atom stereocenters. The third-order valence-corrected chi connectivity index (χ3v) is 4.14. The Morgan fingerprint density at radius 2 is 1.95 bits per heavy atom. The minimum absolute atomic E-state index is 0.0119. The lowest BCUT2D eigenvalue weighted by Gasteiger charge is -2.24. The van der Waals surface area contributed by atoms with Gasteiger partial charge in [-0.2, -0.15) is 5.26 Å². The number of nitriles is 1. The van der Waals surface area contributed by atoms with Crippen LogP contribution in [0.15, 0.2) is 30.3 Å². The van der Waals surface area contributed by atoms with Crippen molar-refractivity contribution in [1.29, 1.82) is 5.26 Å². The highest BCUT2D eigenvalue weighted by atomic mass is 16.2. The van der Waals surface area contributed by atoms with Gasteiger partial charge in [0, 0.05) is 5.56 Å². The normalized spacial score (nSPS) is 17.7. The number of amides is 2. The molecule has 1 saturated carbocycles. The molecule has 0 aromatic heterocycles. The summed E-state index contributed by atoms with van der Waals surface area (Å²) in [6.07, 6.45) is 2.11. The van der Waals surface area contributed by atoms with Crippen molar-refractivity contribution < 1.29 is 9.59 Å². The summed E-state index contributed by atoms with van der Waals surface area (Å²) in [5, 5.41) is 14.7. The standard InChI is InChI=1S/C17H21N3O2/c1-3-12(2)14(16(22)20-17(11-18)9-10-17)19-15(21)13-7-5-4-6-8-13/h4-8,12,14H,3,9-10H2,1-2H3,(H,19,21)(H,20,22)/t12-,14+/m1/s1. The number of rotatable bonds is 6. The van der Waals surface area contributed by atoms with Gasteiger partial charge in [-0.3, -0.25) is 9.59 Å². The first kappa shape index (κ1) is 16.0. The van der Waals surface area contributed by atoms with Gasteiger partial charge in [0.05, 0.1) is 6.07 Å². The van der Waals surface area contributed by atoms with Crippen molar-refractivity contribution >= 4 is 11.8 Å². The predicted molar refractivity (Wildman–Crippen MR) is 82.9 cm³/mol. The van der Waals surface area contributed by atoms with E-state index in [0.29, 0.717) is 18.4 Å². The van der Waals surface area contributed by atoms with Gasteiger partial charge in [0.2, 0.25) is 5.91 Å². The Kier molecular flexibility index (Phi) is 4.81. The third-order valence-electron chi connectivity index (χ3n) is 4.14. The lowest BCUT2D eigenvalue weighted by atomic mass is 9.97. The highest BCUT2D eigenvalue weighted by Gasteiger charge is 2.46. The van der Waals surface area contributed by atoms with E-state index >= 15 is 0 Å². The third kappa shape index (κ3) is 3.64. The molecule has 22 heavy (non-hydrogen) atoms. The molecule has 1 aromatic carbocycles. The molecule has 2 atom stereocenters. The monoisotopic (exact) mass is 299 g/mol. The van der Waals surface area contributed by atoms with Crippen LogP contribution in [0.2, 0.25) is 0 Å². The second kappa shape index (κ2) is 6.61. The molecular weight excluding hydrogens is 278 g/mol. The molecule has 5 heteroatoms. The molecule has 1 aliphatic carbocycles. The van der Waals surface area contributed by atoms with E-state index in [1.807, 2.05) is 19.9 Å². The van der Waals surface area contributed by atoms with Gasteiger partial charge in [-0.1, -0.05) is 38.5 Å². The van der Waals surface area contributed by atoms with Crippen molar-refractivity contribution in [1.82, 2.24) is 10.6 Å². The van der Waals surface area contributed by atoms with Gasteiger partial charge in [0.15, 0.2) is 0 Å². The van der Waals surface area contributed by atoms with Crippen LogP contribution in [0.25, 0.3) is 0 Å². The summed E-state index contributed by atoms with van der Waals surface area (Å²) in [5.41, 5.74) is -0.203. The van der Waals surface area contributed by atoms with Gasteiger partial charge >= 0.3 is 0 Å². The number of hydrogen-bond donors (Lipinski definition) is 2. The summed E-state index contributed by atoms with van der Waals surface area (Å²) in [7, 11) is 0. The second-order valence-corrected chi connectivity index (χ2v) is 5.89. The zero-order valence-electron chi connectivity index (χ0n) is 12.9. The molecular formula is C17H21N3O2. The minimum atomic E-state index is -0.722. The number of carbonyl (C=O) groups excluding carboxylic acids is 2. The van der Waals surface area contributed by atoms with Gasteiger partial charge in [-0.05, 0) is 30.9 Å². The summed E-state index contributed by atoms with van der Waals surface area (Å²) in [5.74, 6) is -0.567. The van der Waals surface area contributed by atoms with Crippen molar-refractivity contribution in [2.45, 2.75) is 44.7 Å². The van der Waals surface area contributed by atoms with Crippen molar-refractivity contribution in [2.75, 3.05) is 0 Å². The van der Waals surface area contributed by atoms with Crippen LogP contribution >= 0.6 is 0 Å². The molecule has 0 heterocycles. The van der Waals surface area contributed by atoms with Crippen molar-refractivity contribution in [3.63, 3.8) is 0 Å². The van der Waals surface area contributed by atoms with E-state index in [9.17, 15) is 9.59 Å². The predicted octanol–water partition coefficient (Wildman–Crippen LogP) is 2.00. The van der Waals surface area contributed by atoms with E-state index in [-0.39, 0.29) is 17.7 Å². The Hall–Kier alpha value is -2.35. The van der Waals surface area contributed by atoms with E-state index in [2.05, 4.69) is 16.7 Å². The molecule has 0 bridgehead atoms. The highest BCUT2D eigenvalue weighted by molar-refractivity contribution is 5.97. The zero-order chi connectivity index (χ0) is 16.2. The van der Waals surface area contributed by atoms with Crippen LogP contribution in [0.1, 0.15) is 43.5 Å². The molecule has 1 fully saturated rings. The Labute approximate surface area is 130 Å². The average Bonchev–Trinajstić information content (AvgIpc) is 3.32. The topological polar surface area (TPSA) is 82.0 Å². The summed E-state index contributed by atoms with van der Waals surface area (Å²) < 4.78 is 0. The maximum atomic E-state index is 12.4. The Morgan fingerprint density at radius 3 is 2.45 bits per heavy atom. The molecule has 0 aliphatic heterocycles. The summed E-state index contributed by atoms with van der Waals surface area (Å²) in [6.45, 7) is 3.89. The first-order chi connectivity index (χ1) is 10.5. The lowest BCUT2D eigenvalue weighted by Crippen LogP contribution is -2.53. The Bertz CT molecular complexity index is 588. The first-order valence-corrected chi connectivity index (χ1v) is 7.60. The molecule has 5 nitrogen and oxygen atoms in total. The molecule has 2 N–H and O–H groups in total. The van der Waals surface area contributed by atoms with E-state index < -0.39 is 11.6 Å². The summed E-state index contributed by atoms with van der Waals surface area (Å²) in [6, 6.07) is 10.3. The number of benzene rings is 1. The number of nitrogens with one attached hydrogen (secondary N) is 2. The Balaban J connectivity index is 2.08. The number of hydrogen-bond acceptors (Lipinski definition) is 3. The Morgan fingerprint density at radius 1 is 1.32 bits per heavy atom. The molecule has 0 spiro atoms. The number of nitrogens with zero attached hydrogens (tertiary/aromatic N) is 1. The molecule has 0 radical (unpaired) electrons. The van der Waals surface area contributed by atoms with Crippen LogP contribution in [-0.4, -0.2) is 23.4 Å². The van der Waals surface area contributed by atoms with Crippen LogP contribution in [0, 0.1) is 17.2 Å². The maximum absolute atomic E-state index is 12.4. The fourth-order valence-electron chi connectivity index (χ4n) is 2.22. The summed E-state index contributed by atoms with van der Waals surface area (Å²) >= 11 is 0. The van der Waals surface area contributed by atoms with E-state index in [1.54, 1.807) is 24.3 Å². The van der Waals surface area contributed by atoms with Crippen LogP contribution < -0.4 is 10.6 Å². The van der Waals surface area contributed by atoms with Crippen LogP contribution in [0.4, 0.5) is 0 Å². The molecule has 116 valence electrons. The fraction of sp³-hybridized carbons (Fsp3) is 0.471. The van der Waals surface area contributed by atoms with Crippen LogP contribution in [0.5, 0.6) is 0 Å². The van der Waals surface area contributed by atoms with Crippen LogP contribution in [0.3, 0.4) is 0 Å². The van der Waals surface area contributed by atoms with Gasteiger partial charge in [-0.25, -0.2) is 0 Å². The second-order valence-electron chi connectivity index (χ2n) is 5.89. The van der Waals surface area contributed by atoms with Gasteiger partial charge in [0.25, 0.3) is 5.91 Å². The van der Waals surface area contributed by atoms with Crippen LogP contribution in [-0.2, 0) is 4.79 Å². The van der Waals surface area contributed by atoms with Crippen molar-refractivity contribution in [2.24, 2.45) is 5.92 Å². The van der Waals surface area contributed by atoms with Gasteiger partial charge in [0.1, 0.15) is 11.6 Å². The lowest BCUT2D eigenvalue weighted by molar-refractivity contribution is -0.124.